The number of nitrogens with two attached hydrogens (primary N) is 1. The Morgan fingerprint density at radius 3 is 1.82 bits per heavy atom. The van der Waals surface area contributed by atoms with Crippen LogP contribution >= 0.6 is 12.4 Å². The van der Waals surface area contributed by atoms with E-state index in [1.165, 1.54) is 0 Å². The van der Waals surface area contributed by atoms with E-state index in [1.54, 1.807) is 21.3 Å². The molecule has 0 heterocycles. The van der Waals surface area contributed by atoms with Crippen LogP contribution in [0.3, 0.4) is 0 Å². The molecule has 0 bridgehead atoms. The third-order valence-electron chi connectivity index (χ3n) is 2.28. The standard InChI is InChI=1S/C12H19NO3.ClH/c1-8(13)5-9-6-10(14-2)12(16-4)11(7-9)15-3;/h6-8H,5,13H2,1-4H3;1H/t8-;/m0./s1. The second kappa shape index (κ2) is 7.25. The van der Waals surface area contributed by atoms with Crippen LogP contribution in [0.1, 0.15) is 12.5 Å². The molecule has 0 aliphatic heterocycles. The van der Waals surface area contributed by atoms with E-state index in [1.807, 2.05) is 19.1 Å². The van der Waals surface area contributed by atoms with E-state index in [-0.39, 0.29) is 18.4 Å². The van der Waals surface area contributed by atoms with E-state index in [2.05, 4.69) is 0 Å². The molecular formula is C12H20ClNO3. The van der Waals surface area contributed by atoms with Gasteiger partial charge >= 0.3 is 0 Å². The number of methoxy groups -OCH3 is 3. The van der Waals surface area contributed by atoms with Crippen LogP contribution in [0.5, 0.6) is 17.2 Å². The van der Waals surface area contributed by atoms with Crippen LogP contribution in [0.2, 0.25) is 0 Å². The Morgan fingerprint density at radius 1 is 1.06 bits per heavy atom. The smallest absolute Gasteiger partial charge is 0.203 e. The van der Waals surface area contributed by atoms with E-state index in [9.17, 15) is 0 Å². The Balaban J connectivity index is 0.00000256. The molecule has 4 nitrogen and oxygen atoms in total. The Labute approximate surface area is 108 Å². The summed E-state index contributed by atoms with van der Waals surface area (Å²) in [5.41, 5.74) is 6.84. The molecule has 0 radical (unpaired) electrons. The van der Waals surface area contributed by atoms with Gasteiger partial charge in [0.05, 0.1) is 21.3 Å². The minimum absolute atomic E-state index is 0. The first-order chi connectivity index (χ1) is 7.62. The molecule has 0 saturated carbocycles. The summed E-state index contributed by atoms with van der Waals surface area (Å²) in [5, 5.41) is 0. The first-order valence-electron chi connectivity index (χ1n) is 5.16. The summed E-state index contributed by atoms with van der Waals surface area (Å²) < 4.78 is 15.7. The molecule has 0 spiro atoms. The van der Waals surface area contributed by atoms with E-state index in [0.717, 1.165) is 12.0 Å². The van der Waals surface area contributed by atoms with Crippen molar-refractivity contribution in [1.82, 2.24) is 0 Å². The van der Waals surface area contributed by atoms with Crippen molar-refractivity contribution in [3.8, 4) is 17.2 Å². The SMILES string of the molecule is COc1cc(C[C@H](C)N)cc(OC)c1OC.Cl. The van der Waals surface area contributed by atoms with E-state index >= 15 is 0 Å². The van der Waals surface area contributed by atoms with Crippen LogP contribution < -0.4 is 19.9 Å². The summed E-state index contributed by atoms with van der Waals surface area (Å²) in [5.74, 6) is 1.94. The molecule has 1 atom stereocenters. The Morgan fingerprint density at radius 2 is 1.53 bits per heavy atom. The van der Waals surface area contributed by atoms with E-state index < -0.39 is 0 Å². The number of ether oxygens (including phenoxy) is 3. The summed E-state index contributed by atoms with van der Waals surface area (Å²) in [6.45, 7) is 1.96. The summed E-state index contributed by atoms with van der Waals surface area (Å²) in [6, 6.07) is 3.94. The third-order valence-corrected chi connectivity index (χ3v) is 2.28. The van der Waals surface area contributed by atoms with Crippen molar-refractivity contribution >= 4 is 12.4 Å². The summed E-state index contributed by atoms with van der Waals surface area (Å²) in [4.78, 5) is 0. The molecule has 0 unspecified atom stereocenters. The van der Waals surface area contributed by atoms with Crippen molar-refractivity contribution in [2.24, 2.45) is 5.73 Å². The van der Waals surface area contributed by atoms with Gasteiger partial charge in [-0.2, -0.15) is 0 Å². The fraction of sp³-hybridized carbons (Fsp3) is 0.500. The molecule has 5 heteroatoms. The molecule has 0 aliphatic rings. The van der Waals surface area contributed by atoms with Crippen LogP contribution in [-0.4, -0.2) is 27.4 Å². The van der Waals surface area contributed by atoms with Gasteiger partial charge in [-0.25, -0.2) is 0 Å². The summed E-state index contributed by atoms with van der Waals surface area (Å²) in [6.07, 6.45) is 0.775. The second-order valence-corrected chi connectivity index (χ2v) is 3.71. The molecule has 0 amide bonds. The zero-order valence-electron chi connectivity index (χ0n) is 10.6. The molecule has 0 fully saturated rings. The minimum atomic E-state index is 0. The average molecular weight is 262 g/mol. The molecule has 2 N–H and O–H groups in total. The minimum Gasteiger partial charge on any atom is -0.493 e. The largest absolute Gasteiger partial charge is 0.493 e. The maximum Gasteiger partial charge on any atom is 0.203 e. The normalized spacial score (nSPS) is 11.4. The van der Waals surface area contributed by atoms with Crippen LogP contribution in [0.4, 0.5) is 0 Å². The predicted octanol–water partition coefficient (Wildman–Crippen LogP) is 2.02. The molecular weight excluding hydrogens is 242 g/mol. The predicted molar refractivity (Wildman–Crippen MR) is 70.7 cm³/mol. The van der Waals surface area contributed by atoms with Gasteiger partial charge in [0, 0.05) is 6.04 Å². The van der Waals surface area contributed by atoms with Crippen molar-refractivity contribution in [1.29, 1.82) is 0 Å². The van der Waals surface area contributed by atoms with Crippen molar-refractivity contribution in [3.63, 3.8) is 0 Å². The molecule has 98 valence electrons. The lowest BCUT2D eigenvalue weighted by Gasteiger charge is -2.14. The van der Waals surface area contributed by atoms with Gasteiger partial charge in [0.2, 0.25) is 5.75 Å². The number of hydrogen-bond donors (Lipinski definition) is 1. The van der Waals surface area contributed by atoms with E-state index in [4.69, 9.17) is 19.9 Å². The highest BCUT2D eigenvalue weighted by atomic mass is 35.5. The van der Waals surface area contributed by atoms with Crippen LogP contribution in [0.15, 0.2) is 12.1 Å². The lowest BCUT2D eigenvalue weighted by Crippen LogP contribution is -2.17. The van der Waals surface area contributed by atoms with Crippen LogP contribution in [-0.2, 0) is 6.42 Å². The lowest BCUT2D eigenvalue weighted by molar-refractivity contribution is 0.323. The van der Waals surface area contributed by atoms with Crippen molar-refractivity contribution in [2.45, 2.75) is 19.4 Å². The second-order valence-electron chi connectivity index (χ2n) is 3.71. The van der Waals surface area contributed by atoms with Gasteiger partial charge in [0.1, 0.15) is 0 Å². The Bertz CT molecular complexity index is 331. The number of halogens is 1. The van der Waals surface area contributed by atoms with Gasteiger partial charge < -0.3 is 19.9 Å². The summed E-state index contributed by atoms with van der Waals surface area (Å²) in [7, 11) is 4.80. The first-order valence-corrected chi connectivity index (χ1v) is 5.16. The van der Waals surface area contributed by atoms with Gasteiger partial charge in [-0.15, -0.1) is 12.4 Å². The maximum absolute atomic E-state index is 5.77. The molecule has 0 aliphatic carbocycles. The summed E-state index contributed by atoms with van der Waals surface area (Å²) >= 11 is 0. The van der Waals surface area contributed by atoms with Crippen molar-refractivity contribution in [3.05, 3.63) is 17.7 Å². The molecule has 0 aromatic heterocycles. The van der Waals surface area contributed by atoms with Gasteiger partial charge in [-0.3, -0.25) is 0 Å². The Hall–Kier alpha value is -1.13. The van der Waals surface area contributed by atoms with Crippen molar-refractivity contribution in [2.75, 3.05) is 21.3 Å². The van der Waals surface area contributed by atoms with Gasteiger partial charge in [-0.1, -0.05) is 0 Å². The lowest BCUT2D eigenvalue weighted by atomic mass is 10.1. The highest BCUT2D eigenvalue weighted by Gasteiger charge is 2.13. The monoisotopic (exact) mass is 261 g/mol. The van der Waals surface area contributed by atoms with E-state index in [0.29, 0.717) is 17.2 Å². The highest BCUT2D eigenvalue weighted by Crippen LogP contribution is 2.38. The molecule has 1 rings (SSSR count). The Kier molecular flexibility index (Phi) is 6.76. The number of benzene rings is 1. The number of rotatable bonds is 5. The molecule has 1 aromatic rings. The highest BCUT2D eigenvalue weighted by molar-refractivity contribution is 5.85. The fourth-order valence-electron chi connectivity index (χ4n) is 1.63. The van der Waals surface area contributed by atoms with Gasteiger partial charge in [0.15, 0.2) is 11.5 Å². The molecule has 17 heavy (non-hydrogen) atoms. The average Bonchev–Trinajstić information content (AvgIpc) is 2.26. The van der Waals surface area contributed by atoms with Crippen LogP contribution in [0.25, 0.3) is 0 Å². The van der Waals surface area contributed by atoms with Gasteiger partial charge in [-0.05, 0) is 31.0 Å². The van der Waals surface area contributed by atoms with Gasteiger partial charge in [0.25, 0.3) is 0 Å². The van der Waals surface area contributed by atoms with Crippen molar-refractivity contribution < 1.29 is 14.2 Å². The topological polar surface area (TPSA) is 53.7 Å². The number of hydrogen-bond acceptors (Lipinski definition) is 4. The zero-order valence-corrected chi connectivity index (χ0v) is 11.5. The fourth-order valence-corrected chi connectivity index (χ4v) is 1.63. The zero-order chi connectivity index (χ0) is 12.1. The van der Waals surface area contributed by atoms with Crippen LogP contribution in [0, 0.1) is 0 Å². The third kappa shape index (κ3) is 3.98. The quantitative estimate of drug-likeness (QED) is 0.881. The molecule has 1 aromatic carbocycles. The maximum atomic E-state index is 5.77. The molecule has 0 saturated heterocycles. The first kappa shape index (κ1) is 15.9.